The zero-order valence-electron chi connectivity index (χ0n) is 9.86. The molecule has 1 aliphatic heterocycles. The Hall–Kier alpha value is -1.40. The van der Waals surface area contributed by atoms with Crippen molar-refractivity contribution in [3.05, 3.63) is 27.4 Å². The Morgan fingerprint density at radius 2 is 2.50 bits per heavy atom. The number of nitrogens with one attached hydrogen (secondary N) is 2. The summed E-state index contributed by atoms with van der Waals surface area (Å²) < 4.78 is 0. The van der Waals surface area contributed by atoms with Crippen molar-refractivity contribution in [2.45, 2.75) is 25.3 Å². The smallest absolute Gasteiger partial charge is 0.289 e. The second-order valence-corrected chi connectivity index (χ2v) is 4.70. The zero-order valence-corrected chi connectivity index (χ0v) is 10.6. The normalized spacial score (nSPS) is 18.8. The maximum absolute atomic E-state index is 10.5. The van der Waals surface area contributed by atoms with Crippen LogP contribution in [0.1, 0.15) is 19.3 Å². The van der Waals surface area contributed by atoms with Gasteiger partial charge in [-0.15, -0.1) is 0 Å². The fourth-order valence-corrected chi connectivity index (χ4v) is 2.25. The van der Waals surface area contributed by atoms with Gasteiger partial charge in [-0.1, -0.05) is 11.6 Å². The van der Waals surface area contributed by atoms with Crippen LogP contribution < -0.4 is 10.6 Å². The van der Waals surface area contributed by atoms with Gasteiger partial charge in [0.2, 0.25) is 0 Å². The van der Waals surface area contributed by atoms with Crippen LogP contribution in [-0.4, -0.2) is 29.0 Å². The molecule has 0 spiro atoms. The molecular formula is C11H15ClN4O2. The highest BCUT2D eigenvalue weighted by molar-refractivity contribution is 6.33. The quantitative estimate of drug-likeness (QED) is 0.633. The van der Waals surface area contributed by atoms with Crippen molar-refractivity contribution in [2.24, 2.45) is 0 Å². The fourth-order valence-electron chi connectivity index (χ4n) is 2.03. The highest BCUT2D eigenvalue weighted by atomic mass is 35.5. The highest BCUT2D eigenvalue weighted by Crippen LogP contribution is 2.23. The minimum Gasteiger partial charge on any atom is -0.369 e. The number of pyridine rings is 1. The molecule has 2 N–H and O–H groups in total. The van der Waals surface area contributed by atoms with E-state index in [1.165, 1.54) is 25.1 Å². The summed E-state index contributed by atoms with van der Waals surface area (Å²) in [5.74, 6) is 0.500. The predicted octanol–water partition coefficient (Wildman–Crippen LogP) is 2.20. The van der Waals surface area contributed by atoms with Crippen molar-refractivity contribution in [3.63, 3.8) is 0 Å². The maximum atomic E-state index is 10.5. The van der Waals surface area contributed by atoms with Gasteiger partial charge in [-0.2, -0.15) is 0 Å². The van der Waals surface area contributed by atoms with Gasteiger partial charge in [-0.3, -0.25) is 10.1 Å². The molecule has 7 heteroatoms. The van der Waals surface area contributed by atoms with Gasteiger partial charge < -0.3 is 10.6 Å². The molecule has 0 radical (unpaired) electrons. The minimum absolute atomic E-state index is 0.0944. The van der Waals surface area contributed by atoms with Crippen LogP contribution in [0.4, 0.5) is 11.5 Å². The minimum atomic E-state index is -0.509. The van der Waals surface area contributed by atoms with Crippen LogP contribution in [0, 0.1) is 10.1 Å². The molecule has 18 heavy (non-hydrogen) atoms. The van der Waals surface area contributed by atoms with Gasteiger partial charge in [0, 0.05) is 18.7 Å². The number of nitro groups is 1. The van der Waals surface area contributed by atoms with Crippen LogP contribution in [0.25, 0.3) is 0 Å². The summed E-state index contributed by atoms with van der Waals surface area (Å²) in [5.41, 5.74) is -0.0944. The molecule has 0 amide bonds. The molecule has 1 aromatic heterocycles. The molecule has 0 saturated carbocycles. The number of nitrogens with zero attached hydrogens (tertiary/aromatic N) is 2. The molecule has 6 nitrogen and oxygen atoms in total. The number of hydrogen-bond donors (Lipinski definition) is 2. The molecule has 2 rings (SSSR count). The van der Waals surface area contributed by atoms with Gasteiger partial charge in [0.1, 0.15) is 12.0 Å². The van der Waals surface area contributed by atoms with E-state index in [2.05, 4.69) is 15.6 Å². The molecule has 2 heterocycles. The summed E-state index contributed by atoms with van der Waals surface area (Å²) in [4.78, 5) is 14.0. The summed E-state index contributed by atoms with van der Waals surface area (Å²) in [6.45, 7) is 1.84. The Balaban J connectivity index is 1.87. The van der Waals surface area contributed by atoms with E-state index in [1.807, 2.05) is 0 Å². The van der Waals surface area contributed by atoms with E-state index in [0.717, 1.165) is 19.5 Å². The molecule has 0 bridgehead atoms. The van der Waals surface area contributed by atoms with Gasteiger partial charge in [-0.25, -0.2) is 4.98 Å². The van der Waals surface area contributed by atoms with Crippen molar-refractivity contribution >= 4 is 23.1 Å². The largest absolute Gasteiger partial charge is 0.369 e. The Labute approximate surface area is 110 Å². The Kier molecular flexibility index (Phi) is 4.33. The molecule has 0 unspecified atom stereocenters. The van der Waals surface area contributed by atoms with Gasteiger partial charge in [0.25, 0.3) is 5.69 Å². The molecule has 0 aliphatic carbocycles. The SMILES string of the molecule is O=[N+]([O-])c1cnc(NCC[C@H]2CCCN2)c(Cl)c1. The average Bonchev–Trinajstić information content (AvgIpc) is 2.84. The van der Waals surface area contributed by atoms with E-state index in [1.54, 1.807) is 0 Å². The van der Waals surface area contributed by atoms with Crippen molar-refractivity contribution < 1.29 is 4.92 Å². The van der Waals surface area contributed by atoms with Crippen LogP contribution in [0.5, 0.6) is 0 Å². The van der Waals surface area contributed by atoms with Crippen LogP contribution in [0.15, 0.2) is 12.3 Å². The first-order valence-electron chi connectivity index (χ1n) is 5.94. The lowest BCUT2D eigenvalue weighted by Crippen LogP contribution is -2.24. The summed E-state index contributed by atoms with van der Waals surface area (Å²) in [6, 6.07) is 1.86. The number of aromatic nitrogens is 1. The van der Waals surface area contributed by atoms with E-state index in [-0.39, 0.29) is 10.7 Å². The Morgan fingerprint density at radius 3 is 3.11 bits per heavy atom. The van der Waals surface area contributed by atoms with Crippen LogP contribution in [-0.2, 0) is 0 Å². The average molecular weight is 271 g/mol. The summed E-state index contributed by atoms with van der Waals surface area (Å²) >= 11 is 5.92. The third-order valence-electron chi connectivity index (χ3n) is 2.99. The van der Waals surface area contributed by atoms with E-state index in [0.29, 0.717) is 11.9 Å². The molecule has 1 aromatic rings. The maximum Gasteiger partial charge on any atom is 0.289 e. The summed E-state index contributed by atoms with van der Waals surface area (Å²) in [5, 5.41) is 17.3. The second-order valence-electron chi connectivity index (χ2n) is 4.29. The van der Waals surface area contributed by atoms with Gasteiger partial charge in [-0.05, 0) is 25.8 Å². The highest BCUT2D eigenvalue weighted by Gasteiger charge is 2.14. The lowest BCUT2D eigenvalue weighted by atomic mass is 10.1. The molecule has 98 valence electrons. The third-order valence-corrected chi connectivity index (χ3v) is 3.27. The molecule has 1 atom stereocenters. The van der Waals surface area contributed by atoms with Gasteiger partial charge >= 0.3 is 0 Å². The fraction of sp³-hybridized carbons (Fsp3) is 0.545. The van der Waals surface area contributed by atoms with Crippen LogP contribution in [0.3, 0.4) is 0 Å². The third kappa shape index (κ3) is 3.30. The molecule has 1 saturated heterocycles. The lowest BCUT2D eigenvalue weighted by Gasteiger charge is -2.11. The predicted molar refractivity (Wildman–Crippen MR) is 70.0 cm³/mol. The van der Waals surface area contributed by atoms with Crippen molar-refractivity contribution in [1.29, 1.82) is 0 Å². The Bertz CT molecular complexity index is 435. The topological polar surface area (TPSA) is 80.1 Å². The summed E-state index contributed by atoms with van der Waals surface area (Å²) in [6.07, 6.45) is 4.63. The number of halogens is 1. The number of hydrogen-bond acceptors (Lipinski definition) is 5. The zero-order chi connectivity index (χ0) is 13.0. The van der Waals surface area contributed by atoms with E-state index in [4.69, 9.17) is 11.6 Å². The first-order chi connectivity index (χ1) is 8.66. The van der Waals surface area contributed by atoms with E-state index < -0.39 is 4.92 Å². The number of anilines is 1. The molecular weight excluding hydrogens is 256 g/mol. The lowest BCUT2D eigenvalue weighted by molar-refractivity contribution is -0.385. The van der Waals surface area contributed by atoms with Crippen molar-refractivity contribution in [3.8, 4) is 0 Å². The van der Waals surface area contributed by atoms with Crippen molar-refractivity contribution in [1.82, 2.24) is 10.3 Å². The molecule has 1 fully saturated rings. The monoisotopic (exact) mass is 270 g/mol. The van der Waals surface area contributed by atoms with E-state index >= 15 is 0 Å². The molecule has 0 aromatic carbocycles. The summed E-state index contributed by atoms with van der Waals surface area (Å²) in [7, 11) is 0. The standard InChI is InChI=1S/C11H15ClN4O2/c12-10-6-9(16(17)18)7-15-11(10)14-5-3-8-2-1-4-13-8/h6-8,13H,1-5H2,(H,14,15)/t8-/m1/s1. The number of rotatable bonds is 5. The van der Waals surface area contributed by atoms with Crippen molar-refractivity contribution in [2.75, 3.05) is 18.4 Å². The van der Waals surface area contributed by atoms with Gasteiger partial charge in [0.15, 0.2) is 0 Å². The van der Waals surface area contributed by atoms with E-state index in [9.17, 15) is 10.1 Å². The van der Waals surface area contributed by atoms with Crippen LogP contribution >= 0.6 is 11.6 Å². The molecule has 1 aliphatic rings. The second kappa shape index (κ2) is 5.97. The first-order valence-corrected chi connectivity index (χ1v) is 6.32. The first kappa shape index (κ1) is 13.0. The van der Waals surface area contributed by atoms with Gasteiger partial charge in [0.05, 0.1) is 9.95 Å². The van der Waals surface area contributed by atoms with Crippen LogP contribution in [0.2, 0.25) is 5.02 Å². The Morgan fingerprint density at radius 1 is 1.67 bits per heavy atom.